The van der Waals surface area contributed by atoms with E-state index >= 15 is 0 Å². The van der Waals surface area contributed by atoms with Gasteiger partial charge < -0.3 is 19.3 Å². The van der Waals surface area contributed by atoms with Gasteiger partial charge in [0.1, 0.15) is 11.9 Å². The van der Waals surface area contributed by atoms with Crippen molar-refractivity contribution in [3.05, 3.63) is 105 Å². The Hall–Kier alpha value is -3.10. The van der Waals surface area contributed by atoms with E-state index in [2.05, 4.69) is 36.8 Å². The Morgan fingerprint density at radius 3 is 1.86 bits per heavy atom. The van der Waals surface area contributed by atoms with Crippen LogP contribution in [0.15, 0.2) is 99.1 Å². The SMILES string of the molecule is CCOC(=O)C1=C(C(=O)OCC)N(c2ccc(Br)cc2)C(c2ccccc2)N(c2ccc(Br)cc2)C1. The van der Waals surface area contributed by atoms with Crippen molar-refractivity contribution < 1.29 is 19.1 Å². The molecule has 8 heteroatoms. The van der Waals surface area contributed by atoms with Gasteiger partial charge in [-0.3, -0.25) is 0 Å². The van der Waals surface area contributed by atoms with Crippen molar-refractivity contribution in [3.63, 3.8) is 0 Å². The summed E-state index contributed by atoms with van der Waals surface area (Å²) < 4.78 is 12.7. The van der Waals surface area contributed by atoms with Gasteiger partial charge in [-0.2, -0.15) is 0 Å². The number of nitrogens with zero attached hydrogens (tertiary/aromatic N) is 2. The third kappa shape index (κ3) is 5.50. The minimum Gasteiger partial charge on any atom is -0.463 e. The fraction of sp³-hybridized carbons (Fsp3) is 0.214. The van der Waals surface area contributed by atoms with Crippen LogP contribution in [0.5, 0.6) is 0 Å². The topological polar surface area (TPSA) is 59.1 Å². The third-order valence-electron chi connectivity index (χ3n) is 5.75. The number of carbonyl (C=O) groups excluding carboxylic acids is 2. The largest absolute Gasteiger partial charge is 0.463 e. The summed E-state index contributed by atoms with van der Waals surface area (Å²) in [5, 5.41) is 0. The van der Waals surface area contributed by atoms with E-state index in [0.717, 1.165) is 25.9 Å². The van der Waals surface area contributed by atoms with Gasteiger partial charge in [0.05, 0.1) is 25.3 Å². The molecule has 6 nitrogen and oxygen atoms in total. The van der Waals surface area contributed by atoms with Gasteiger partial charge in [0.25, 0.3) is 0 Å². The summed E-state index contributed by atoms with van der Waals surface area (Å²) in [4.78, 5) is 30.7. The third-order valence-corrected chi connectivity index (χ3v) is 6.80. The number of hydrogen-bond acceptors (Lipinski definition) is 6. The first-order valence-electron chi connectivity index (χ1n) is 11.6. The molecule has 1 aliphatic rings. The monoisotopic (exact) mass is 612 g/mol. The molecule has 1 heterocycles. The minimum absolute atomic E-state index is 0.168. The quantitative estimate of drug-likeness (QED) is 0.279. The van der Waals surface area contributed by atoms with Crippen LogP contribution in [0.1, 0.15) is 25.6 Å². The van der Waals surface area contributed by atoms with Gasteiger partial charge >= 0.3 is 11.9 Å². The van der Waals surface area contributed by atoms with Crippen LogP contribution in [0.2, 0.25) is 0 Å². The van der Waals surface area contributed by atoms with Gasteiger partial charge in [0, 0.05) is 20.3 Å². The second-order valence-corrected chi connectivity index (χ2v) is 9.83. The van der Waals surface area contributed by atoms with Crippen LogP contribution < -0.4 is 9.80 Å². The molecule has 0 aliphatic carbocycles. The molecule has 0 amide bonds. The molecule has 1 aliphatic heterocycles. The molecular weight excluding hydrogens is 588 g/mol. The number of halogens is 2. The molecule has 1 unspecified atom stereocenters. The van der Waals surface area contributed by atoms with Crippen LogP contribution >= 0.6 is 31.9 Å². The number of anilines is 2. The van der Waals surface area contributed by atoms with Crippen LogP contribution in [-0.4, -0.2) is 31.7 Å². The molecule has 0 saturated carbocycles. The Labute approximate surface area is 227 Å². The van der Waals surface area contributed by atoms with Crippen LogP contribution in [0.4, 0.5) is 11.4 Å². The maximum absolute atomic E-state index is 13.5. The second-order valence-electron chi connectivity index (χ2n) is 8.00. The van der Waals surface area contributed by atoms with Crippen LogP contribution in [-0.2, 0) is 19.1 Å². The molecule has 0 fully saturated rings. The van der Waals surface area contributed by atoms with E-state index in [1.54, 1.807) is 13.8 Å². The van der Waals surface area contributed by atoms with Gasteiger partial charge in [-0.25, -0.2) is 9.59 Å². The average Bonchev–Trinajstić information content (AvgIpc) is 2.89. The summed E-state index contributed by atoms with van der Waals surface area (Å²) in [6.07, 6.45) is -0.439. The Bertz CT molecular complexity index is 1240. The lowest BCUT2D eigenvalue weighted by molar-refractivity contribution is -0.142. The molecule has 3 aromatic rings. The number of hydrogen-bond donors (Lipinski definition) is 0. The Morgan fingerprint density at radius 1 is 0.778 bits per heavy atom. The average molecular weight is 614 g/mol. The lowest BCUT2D eigenvalue weighted by atomic mass is 9.99. The van der Waals surface area contributed by atoms with Gasteiger partial charge in [-0.1, -0.05) is 62.2 Å². The molecule has 186 valence electrons. The highest BCUT2D eigenvalue weighted by Crippen LogP contribution is 2.42. The summed E-state index contributed by atoms with van der Waals surface area (Å²) in [5.41, 5.74) is 3.00. The normalized spacial score (nSPS) is 15.6. The molecule has 0 N–H and O–H groups in total. The highest BCUT2D eigenvalue weighted by atomic mass is 79.9. The molecule has 3 aromatic carbocycles. The zero-order chi connectivity index (χ0) is 25.7. The predicted octanol–water partition coefficient (Wildman–Crippen LogP) is 6.62. The highest BCUT2D eigenvalue weighted by Gasteiger charge is 2.42. The maximum atomic E-state index is 13.5. The molecule has 0 radical (unpaired) electrons. The number of carbonyl (C=O) groups is 2. The zero-order valence-corrected chi connectivity index (χ0v) is 23.2. The van der Waals surface area contributed by atoms with E-state index in [0.29, 0.717) is 0 Å². The van der Waals surface area contributed by atoms with Crippen LogP contribution in [0.3, 0.4) is 0 Å². The fourth-order valence-corrected chi connectivity index (χ4v) is 4.76. The van der Waals surface area contributed by atoms with Gasteiger partial charge in [0.15, 0.2) is 0 Å². The number of esters is 2. The minimum atomic E-state index is -0.570. The van der Waals surface area contributed by atoms with E-state index in [1.165, 1.54) is 0 Å². The number of rotatable bonds is 7. The zero-order valence-electron chi connectivity index (χ0n) is 20.0. The van der Waals surface area contributed by atoms with Crippen molar-refractivity contribution >= 4 is 55.2 Å². The van der Waals surface area contributed by atoms with Crippen molar-refractivity contribution in [2.45, 2.75) is 20.0 Å². The molecule has 0 saturated heterocycles. The number of benzene rings is 3. The van der Waals surface area contributed by atoms with Crippen molar-refractivity contribution in [2.75, 3.05) is 29.6 Å². The first kappa shape index (κ1) is 26.0. The molecule has 1 atom stereocenters. The van der Waals surface area contributed by atoms with E-state index in [1.807, 2.05) is 83.8 Å². The molecule has 0 spiro atoms. The predicted molar refractivity (Wildman–Crippen MR) is 148 cm³/mol. The number of ether oxygens (including phenoxy) is 2. The fourth-order valence-electron chi connectivity index (χ4n) is 4.23. The van der Waals surface area contributed by atoms with Crippen molar-refractivity contribution in [1.29, 1.82) is 0 Å². The highest BCUT2D eigenvalue weighted by molar-refractivity contribution is 9.10. The first-order valence-corrected chi connectivity index (χ1v) is 13.2. The summed E-state index contributed by atoms with van der Waals surface area (Å²) in [6.45, 7) is 4.03. The lowest BCUT2D eigenvalue weighted by Crippen LogP contribution is -2.50. The van der Waals surface area contributed by atoms with Crippen molar-refractivity contribution in [3.8, 4) is 0 Å². The van der Waals surface area contributed by atoms with E-state index in [9.17, 15) is 9.59 Å². The second kappa shape index (κ2) is 11.8. The molecule has 0 bridgehead atoms. The summed E-state index contributed by atoms with van der Waals surface area (Å²) in [6, 6.07) is 25.4. The molecule has 36 heavy (non-hydrogen) atoms. The maximum Gasteiger partial charge on any atom is 0.355 e. The Balaban J connectivity index is 2.02. The Kier molecular flexibility index (Phi) is 8.48. The van der Waals surface area contributed by atoms with Crippen LogP contribution in [0, 0.1) is 0 Å². The molecule has 0 aromatic heterocycles. The van der Waals surface area contributed by atoms with Crippen LogP contribution in [0.25, 0.3) is 0 Å². The van der Waals surface area contributed by atoms with E-state index < -0.39 is 18.1 Å². The van der Waals surface area contributed by atoms with Gasteiger partial charge in [0.2, 0.25) is 0 Å². The standard InChI is InChI=1S/C28H26Br2N2O4/c1-3-35-27(33)24-18-31(22-14-10-20(29)11-15-22)26(19-8-6-5-7-9-19)32(25(24)28(34)36-4-2)23-16-12-21(30)13-17-23/h5-17,26H,3-4,18H2,1-2H3. The smallest absolute Gasteiger partial charge is 0.355 e. The summed E-state index contributed by atoms with van der Waals surface area (Å²) in [5.74, 6) is -1.11. The van der Waals surface area contributed by atoms with E-state index in [-0.39, 0.29) is 31.0 Å². The lowest BCUT2D eigenvalue weighted by Gasteiger charge is -2.47. The molecular formula is C28H26Br2N2O4. The molecule has 4 rings (SSSR count). The Morgan fingerprint density at radius 2 is 1.31 bits per heavy atom. The summed E-state index contributed by atoms with van der Waals surface area (Å²) in [7, 11) is 0. The van der Waals surface area contributed by atoms with E-state index in [4.69, 9.17) is 9.47 Å². The first-order chi connectivity index (χ1) is 17.4. The summed E-state index contributed by atoms with van der Waals surface area (Å²) >= 11 is 7.01. The van der Waals surface area contributed by atoms with Crippen molar-refractivity contribution in [2.24, 2.45) is 0 Å². The van der Waals surface area contributed by atoms with Gasteiger partial charge in [-0.05, 0) is 67.9 Å². The van der Waals surface area contributed by atoms with Gasteiger partial charge in [-0.15, -0.1) is 0 Å². The van der Waals surface area contributed by atoms with Crippen molar-refractivity contribution in [1.82, 2.24) is 0 Å².